The zero-order chi connectivity index (χ0) is 19.3. The number of likely N-dealkylation sites (N-methyl/N-ethyl adjacent to an activating group) is 1. The molecule has 2 aromatic rings. The van der Waals surface area contributed by atoms with Crippen LogP contribution in [0.2, 0.25) is 0 Å². The van der Waals surface area contributed by atoms with Crippen LogP contribution >= 0.6 is 12.6 Å². The summed E-state index contributed by atoms with van der Waals surface area (Å²) >= 11 is 4.46. The molecule has 4 rings (SSSR count). The summed E-state index contributed by atoms with van der Waals surface area (Å²) in [4.78, 5) is 0. The number of benzene rings is 1. The van der Waals surface area contributed by atoms with E-state index in [1.807, 2.05) is 38.2 Å². The number of allylic oxidation sites excluding steroid dienone is 2. The summed E-state index contributed by atoms with van der Waals surface area (Å²) in [6, 6.07) is 3.22. The summed E-state index contributed by atoms with van der Waals surface area (Å²) in [5.74, 6) is 0.799. The number of hydrogen-bond donors (Lipinski definition) is 3. The zero-order valence-corrected chi connectivity index (χ0v) is 16.2. The second-order valence-electron chi connectivity index (χ2n) is 7.10. The van der Waals surface area contributed by atoms with Crippen molar-refractivity contribution in [2.45, 2.75) is 31.0 Å². The number of thiol groups is 1. The maximum atomic E-state index is 10.4. The van der Waals surface area contributed by atoms with Crippen LogP contribution in [0, 0.1) is 5.92 Å². The molecule has 140 valence electrons. The van der Waals surface area contributed by atoms with E-state index in [9.17, 15) is 10.2 Å². The molecule has 0 saturated heterocycles. The van der Waals surface area contributed by atoms with Gasteiger partial charge in [0, 0.05) is 30.9 Å². The maximum Gasteiger partial charge on any atom is 0.193 e. The predicted molar refractivity (Wildman–Crippen MR) is 107 cm³/mol. The Labute approximate surface area is 162 Å². The third-order valence-corrected chi connectivity index (χ3v) is 5.28. The van der Waals surface area contributed by atoms with Crippen LogP contribution in [0.1, 0.15) is 25.3 Å². The van der Waals surface area contributed by atoms with E-state index < -0.39 is 0 Å². The first-order valence-electron chi connectivity index (χ1n) is 8.74. The van der Waals surface area contributed by atoms with Crippen molar-refractivity contribution in [2.75, 3.05) is 7.05 Å². The third kappa shape index (κ3) is 2.90. The van der Waals surface area contributed by atoms with Crippen LogP contribution in [0.15, 0.2) is 40.6 Å². The van der Waals surface area contributed by atoms with E-state index in [1.165, 1.54) is 6.07 Å². The fraction of sp³-hybridized carbons (Fsp3) is 0.316. The molecule has 1 aromatic carbocycles. The molecule has 0 spiro atoms. The number of phenolic OH excluding ortho intramolecular Hbond substituents is 2. The summed E-state index contributed by atoms with van der Waals surface area (Å²) in [6.45, 7) is 3.96. The Kier molecular flexibility index (Phi) is 4.22. The monoisotopic (exact) mass is 383 g/mol. The largest absolute Gasteiger partial charge is 0.508 e. The van der Waals surface area contributed by atoms with Crippen LogP contribution in [-0.2, 0) is 0 Å². The Bertz CT molecular complexity index is 992. The van der Waals surface area contributed by atoms with E-state index in [0.29, 0.717) is 16.5 Å². The first kappa shape index (κ1) is 17.7. The van der Waals surface area contributed by atoms with Crippen molar-refractivity contribution in [1.29, 1.82) is 0 Å². The first-order valence-corrected chi connectivity index (χ1v) is 9.19. The molecule has 0 fully saturated rings. The lowest BCUT2D eigenvalue weighted by Gasteiger charge is -2.24. The highest BCUT2D eigenvalue weighted by Gasteiger charge is 2.29. The summed E-state index contributed by atoms with van der Waals surface area (Å²) in [5.41, 5.74) is 2.09. The van der Waals surface area contributed by atoms with Crippen molar-refractivity contribution < 1.29 is 10.2 Å². The summed E-state index contributed by atoms with van der Waals surface area (Å²) in [5, 5.41) is 35.6. The van der Waals surface area contributed by atoms with Crippen molar-refractivity contribution in [3.63, 3.8) is 0 Å². The average Bonchev–Trinajstić information content (AvgIpc) is 3.17. The summed E-state index contributed by atoms with van der Waals surface area (Å²) in [6.07, 6.45) is 8.08. The lowest BCUT2D eigenvalue weighted by molar-refractivity contribution is 0.307. The number of aromatic hydroxyl groups is 2. The van der Waals surface area contributed by atoms with E-state index in [1.54, 1.807) is 10.6 Å². The highest BCUT2D eigenvalue weighted by molar-refractivity contribution is 7.80. The lowest BCUT2D eigenvalue weighted by Crippen LogP contribution is -2.28. The molecule has 2 unspecified atom stereocenters. The van der Waals surface area contributed by atoms with Crippen LogP contribution in [0.3, 0.4) is 0 Å². The van der Waals surface area contributed by atoms with Crippen molar-refractivity contribution in [2.24, 2.45) is 11.0 Å². The van der Waals surface area contributed by atoms with Crippen molar-refractivity contribution in [3.8, 4) is 22.9 Å². The number of hydrogen-bond acceptors (Lipinski definition) is 7. The standard InChI is InChI=1S/C19H21N5O2S/c1-10(2)13-7-14(17(26)8-16(13)25)18-21-22-19(27)24(18)12-5-4-11-9-20-23(3)15(11)6-12/h4-11,15,25-26H,1-3H3,(H,22,27). The molecule has 2 aliphatic rings. The molecule has 2 atom stereocenters. The van der Waals surface area contributed by atoms with Gasteiger partial charge in [-0.15, -0.1) is 22.8 Å². The molecule has 8 heteroatoms. The molecule has 1 aromatic heterocycles. The van der Waals surface area contributed by atoms with E-state index in [0.717, 1.165) is 11.3 Å². The minimum absolute atomic E-state index is 0.0570. The van der Waals surface area contributed by atoms with Crippen molar-refractivity contribution in [3.05, 3.63) is 35.9 Å². The second kappa shape index (κ2) is 6.45. The van der Waals surface area contributed by atoms with E-state index in [4.69, 9.17) is 0 Å². The molecule has 1 aliphatic carbocycles. The number of fused-ring (bicyclic) bond motifs is 1. The molecule has 1 aliphatic heterocycles. The molecule has 0 saturated carbocycles. The minimum Gasteiger partial charge on any atom is -0.508 e. The summed E-state index contributed by atoms with van der Waals surface area (Å²) < 4.78 is 1.79. The van der Waals surface area contributed by atoms with Gasteiger partial charge in [-0.25, -0.2) is 0 Å². The Hall–Kier alpha value is -2.74. The number of hydrazone groups is 1. The topological polar surface area (TPSA) is 86.8 Å². The van der Waals surface area contributed by atoms with Gasteiger partial charge < -0.3 is 10.2 Å². The quantitative estimate of drug-likeness (QED) is 0.709. The van der Waals surface area contributed by atoms with Crippen LogP contribution in [0.5, 0.6) is 11.5 Å². The van der Waals surface area contributed by atoms with Gasteiger partial charge in [0.25, 0.3) is 0 Å². The van der Waals surface area contributed by atoms with E-state index in [2.05, 4.69) is 40.1 Å². The average molecular weight is 383 g/mol. The fourth-order valence-electron chi connectivity index (χ4n) is 3.49. The van der Waals surface area contributed by atoms with E-state index in [-0.39, 0.29) is 29.4 Å². The Balaban J connectivity index is 1.84. The Morgan fingerprint density at radius 2 is 1.93 bits per heavy atom. The molecule has 27 heavy (non-hydrogen) atoms. The Morgan fingerprint density at radius 3 is 2.67 bits per heavy atom. The van der Waals surface area contributed by atoms with Crippen LogP contribution < -0.4 is 0 Å². The first-order chi connectivity index (χ1) is 12.9. The van der Waals surface area contributed by atoms with Crippen molar-refractivity contribution in [1.82, 2.24) is 19.8 Å². The molecule has 7 nitrogen and oxygen atoms in total. The minimum atomic E-state index is -0.0570. The van der Waals surface area contributed by atoms with Gasteiger partial charge in [0.15, 0.2) is 11.0 Å². The van der Waals surface area contributed by atoms with Gasteiger partial charge in [0.05, 0.1) is 11.6 Å². The molecule has 2 heterocycles. The van der Waals surface area contributed by atoms with Gasteiger partial charge in [-0.3, -0.25) is 9.58 Å². The number of rotatable bonds is 3. The molecular formula is C19H21N5O2S. The zero-order valence-electron chi connectivity index (χ0n) is 15.3. The molecule has 0 amide bonds. The van der Waals surface area contributed by atoms with Gasteiger partial charge in [0.1, 0.15) is 11.5 Å². The molecule has 0 radical (unpaired) electrons. The van der Waals surface area contributed by atoms with Gasteiger partial charge in [-0.05, 0) is 29.7 Å². The Morgan fingerprint density at radius 1 is 1.15 bits per heavy atom. The van der Waals surface area contributed by atoms with Gasteiger partial charge >= 0.3 is 0 Å². The smallest absolute Gasteiger partial charge is 0.193 e. The molecular weight excluding hydrogens is 362 g/mol. The van der Waals surface area contributed by atoms with E-state index >= 15 is 0 Å². The van der Waals surface area contributed by atoms with Gasteiger partial charge in [0.2, 0.25) is 0 Å². The normalized spacial score (nSPS) is 21.1. The lowest BCUT2D eigenvalue weighted by atomic mass is 9.95. The van der Waals surface area contributed by atoms with Crippen molar-refractivity contribution >= 4 is 24.5 Å². The van der Waals surface area contributed by atoms with Crippen LogP contribution in [-0.4, -0.2) is 49.3 Å². The highest BCUT2D eigenvalue weighted by Crippen LogP contribution is 2.39. The number of phenols is 2. The number of nitrogens with zero attached hydrogens (tertiary/aromatic N) is 5. The molecule has 2 N–H and O–H groups in total. The maximum absolute atomic E-state index is 10.4. The second-order valence-corrected chi connectivity index (χ2v) is 7.50. The van der Waals surface area contributed by atoms with Crippen LogP contribution in [0.25, 0.3) is 17.1 Å². The predicted octanol–water partition coefficient (Wildman–Crippen LogP) is 3.10. The van der Waals surface area contributed by atoms with Gasteiger partial charge in [-0.1, -0.05) is 19.9 Å². The van der Waals surface area contributed by atoms with Gasteiger partial charge in [-0.2, -0.15) is 5.10 Å². The third-order valence-electron chi connectivity index (χ3n) is 4.99. The number of aromatic nitrogens is 3. The summed E-state index contributed by atoms with van der Waals surface area (Å²) in [7, 11) is 1.93. The van der Waals surface area contributed by atoms with Crippen LogP contribution in [0.4, 0.5) is 0 Å². The fourth-order valence-corrected chi connectivity index (χ4v) is 3.75. The highest BCUT2D eigenvalue weighted by atomic mass is 32.1. The SMILES string of the molecule is CC(C)c1cc(-c2nnc(S)n2C2=CC3C(C=C2)C=NN3C)c(O)cc1O. The molecule has 0 bridgehead atoms.